The molecule has 0 spiro atoms. The summed E-state index contributed by atoms with van der Waals surface area (Å²) in [4.78, 5) is 35.1. The summed E-state index contributed by atoms with van der Waals surface area (Å²) in [5, 5.41) is 2.56. The minimum absolute atomic E-state index is 0.188. The van der Waals surface area contributed by atoms with Crippen molar-refractivity contribution in [3.05, 3.63) is 0 Å². The van der Waals surface area contributed by atoms with Gasteiger partial charge in [0.15, 0.2) is 0 Å². The van der Waals surface area contributed by atoms with Crippen LogP contribution in [-0.4, -0.2) is 34.8 Å². The van der Waals surface area contributed by atoms with Crippen LogP contribution in [0.15, 0.2) is 0 Å². The lowest BCUT2D eigenvalue weighted by atomic mass is 10.1. The van der Waals surface area contributed by atoms with Crippen LogP contribution in [0.2, 0.25) is 0 Å². The Kier molecular flexibility index (Phi) is 3.48. The van der Waals surface area contributed by atoms with Crippen LogP contribution in [0.25, 0.3) is 0 Å². The summed E-state index contributed by atoms with van der Waals surface area (Å²) in [6, 6.07) is -0.414. The minimum atomic E-state index is -0.854. The molecule has 4 N–H and O–H groups in total. The van der Waals surface area contributed by atoms with Crippen LogP contribution >= 0.6 is 0 Å². The molecule has 0 aromatic rings. The Bertz CT molecular complexity index is 327. The van der Waals surface area contributed by atoms with Crippen molar-refractivity contribution in [3.8, 4) is 0 Å². The van der Waals surface area contributed by atoms with Crippen molar-refractivity contribution in [2.75, 3.05) is 6.54 Å². The summed E-state index contributed by atoms with van der Waals surface area (Å²) in [6.45, 7) is 3.50. The van der Waals surface area contributed by atoms with E-state index in [0.717, 1.165) is 4.90 Å². The molecule has 1 rings (SSSR count). The van der Waals surface area contributed by atoms with Gasteiger partial charge in [-0.3, -0.25) is 19.9 Å². The first-order chi connectivity index (χ1) is 7.38. The number of hydrazine groups is 1. The third-order valence-corrected chi connectivity index (χ3v) is 2.39. The second-order valence-corrected chi connectivity index (χ2v) is 4.18. The molecule has 1 aliphatic heterocycles. The zero-order valence-corrected chi connectivity index (χ0v) is 9.37. The number of rotatable bonds is 4. The van der Waals surface area contributed by atoms with Crippen LogP contribution in [-0.2, 0) is 9.59 Å². The standard InChI is InChI=1S/C9H16N4O3/c1-9(2)7(15)13(8(16)11-9)5-3-4-6(14)12-10/h3-5,10H2,1-2H3,(H,11,16)(H,12,14). The molecule has 16 heavy (non-hydrogen) atoms. The number of imide groups is 1. The quantitative estimate of drug-likeness (QED) is 0.250. The van der Waals surface area contributed by atoms with Gasteiger partial charge >= 0.3 is 6.03 Å². The van der Waals surface area contributed by atoms with Crippen molar-refractivity contribution in [2.45, 2.75) is 32.2 Å². The fourth-order valence-electron chi connectivity index (χ4n) is 1.49. The zero-order valence-electron chi connectivity index (χ0n) is 9.37. The van der Waals surface area contributed by atoms with Crippen molar-refractivity contribution in [2.24, 2.45) is 5.84 Å². The molecule has 1 fully saturated rings. The van der Waals surface area contributed by atoms with E-state index in [1.54, 1.807) is 13.8 Å². The number of nitrogens with two attached hydrogens (primary N) is 1. The highest BCUT2D eigenvalue weighted by Crippen LogP contribution is 2.16. The molecule has 1 heterocycles. The van der Waals surface area contributed by atoms with Gasteiger partial charge in [-0.25, -0.2) is 10.6 Å². The highest BCUT2D eigenvalue weighted by molar-refractivity contribution is 6.06. The van der Waals surface area contributed by atoms with Crippen molar-refractivity contribution in [1.29, 1.82) is 0 Å². The predicted octanol–water partition coefficient (Wildman–Crippen LogP) is -0.913. The number of hydrogen-bond acceptors (Lipinski definition) is 4. The molecule has 0 atom stereocenters. The van der Waals surface area contributed by atoms with Gasteiger partial charge in [0, 0.05) is 13.0 Å². The third kappa shape index (κ3) is 2.48. The van der Waals surface area contributed by atoms with Crippen molar-refractivity contribution in [3.63, 3.8) is 0 Å². The van der Waals surface area contributed by atoms with Crippen LogP contribution in [0, 0.1) is 0 Å². The highest BCUT2D eigenvalue weighted by atomic mass is 16.2. The average molecular weight is 228 g/mol. The maximum Gasteiger partial charge on any atom is 0.325 e. The van der Waals surface area contributed by atoms with Crippen LogP contribution in [0.5, 0.6) is 0 Å². The lowest BCUT2D eigenvalue weighted by Crippen LogP contribution is -2.40. The number of carbonyl (C=O) groups excluding carboxylic acids is 3. The smallest absolute Gasteiger partial charge is 0.324 e. The summed E-state index contributed by atoms with van der Waals surface area (Å²) in [5.41, 5.74) is 1.13. The van der Waals surface area contributed by atoms with E-state index in [1.165, 1.54) is 0 Å². The van der Waals surface area contributed by atoms with E-state index < -0.39 is 11.6 Å². The SMILES string of the molecule is CC1(C)NC(=O)N(CCCC(=O)NN)C1=O. The van der Waals surface area contributed by atoms with E-state index in [-0.39, 0.29) is 24.8 Å². The Balaban J connectivity index is 2.47. The number of amides is 4. The van der Waals surface area contributed by atoms with Gasteiger partial charge in [-0.15, -0.1) is 0 Å². The predicted molar refractivity (Wildman–Crippen MR) is 55.9 cm³/mol. The number of hydrogen-bond donors (Lipinski definition) is 3. The summed E-state index contributed by atoms with van der Waals surface area (Å²) in [5.74, 6) is 4.32. The molecule has 1 saturated heterocycles. The van der Waals surface area contributed by atoms with Crippen molar-refractivity contribution >= 4 is 17.8 Å². The first-order valence-electron chi connectivity index (χ1n) is 5.02. The first kappa shape index (κ1) is 12.4. The molecule has 0 unspecified atom stereocenters. The van der Waals surface area contributed by atoms with Gasteiger partial charge in [0.2, 0.25) is 5.91 Å². The second-order valence-electron chi connectivity index (χ2n) is 4.18. The van der Waals surface area contributed by atoms with E-state index in [2.05, 4.69) is 5.32 Å². The van der Waals surface area contributed by atoms with Crippen LogP contribution in [0.3, 0.4) is 0 Å². The molecule has 0 aliphatic carbocycles. The summed E-state index contributed by atoms with van der Waals surface area (Å²) >= 11 is 0. The molecule has 0 aromatic heterocycles. The normalized spacial score (nSPS) is 18.6. The largest absolute Gasteiger partial charge is 0.325 e. The van der Waals surface area contributed by atoms with E-state index >= 15 is 0 Å². The topological polar surface area (TPSA) is 105 Å². The summed E-state index contributed by atoms with van der Waals surface area (Å²) in [6.07, 6.45) is 0.590. The Hall–Kier alpha value is -1.63. The van der Waals surface area contributed by atoms with Crippen molar-refractivity contribution in [1.82, 2.24) is 15.6 Å². The zero-order chi connectivity index (χ0) is 12.3. The van der Waals surface area contributed by atoms with Gasteiger partial charge < -0.3 is 5.32 Å². The van der Waals surface area contributed by atoms with Crippen LogP contribution < -0.4 is 16.6 Å². The Morgan fingerprint density at radius 2 is 2.12 bits per heavy atom. The molecular formula is C9H16N4O3. The second kappa shape index (κ2) is 4.48. The number of nitrogens with one attached hydrogen (secondary N) is 2. The lowest BCUT2D eigenvalue weighted by Gasteiger charge is -2.15. The molecule has 90 valence electrons. The Morgan fingerprint density at radius 1 is 1.50 bits per heavy atom. The van der Waals surface area contributed by atoms with Gasteiger partial charge in [-0.05, 0) is 20.3 Å². The van der Waals surface area contributed by atoms with Gasteiger partial charge in [0.1, 0.15) is 5.54 Å². The molecule has 0 saturated carbocycles. The van der Waals surface area contributed by atoms with Gasteiger partial charge in [0.05, 0.1) is 0 Å². The van der Waals surface area contributed by atoms with E-state index in [0.29, 0.717) is 6.42 Å². The average Bonchev–Trinajstić information content (AvgIpc) is 2.39. The maximum atomic E-state index is 11.7. The fraction of sp³-hybridized carbons (Fsp3) is 0.667. The van der Waals surface area contributed by atoms with Crippen molar-refractivity contribution < 1.29 is 14.4 Å². The van der Waals surface area contributed by atoms with Gasteiger partial charge in [-0.1, -0.05) is 0 Å². The number of carbonyl (C=O) groups is 3. The summed E-state index contributed by atoms with van der Waals surface area (Å²) < 4.78 is 0. The molecule has 1 aliphatic rings. The fourth-order valence-corrected chi connectivity index (χ4v) is 1.49. The maximum absolute atomic E-state index is 11.7. The third-order valence-electron chi connectivity index (χ3n) is 2.39. The molecule has 0 aromatic carbocycles. The molecule has 7 nitrogen and oxygen atoms in total. The van der Waals surface area contributed by atoms with Crippen LogP contribution in [0.4, 0.5) is 4.79 Å². The summed E-state index contributed by atoms with van der Waals surface area (Å²) in [7, 11) is 0. The molecular weight excluding hydrogens is 212 g/mol. The van der Waals surface area contributed by atoms with E-state index in [9.17, 15) is 14.4 Å². The van der Waals surface area contributed by atoms with E-state index in [4.69, 9.17) is 5.84 Å². The van der Waals surface area contributed by atoms with Gasteiger partial charge in [-0.2, -0.15) is 0 Å². The Morgan fingerprint density at radius 3 is 2.56 bits per heavy atom. The number of urea groups is 1. The molecule has 0 radical (unpaired) electrons. The monoisotopic (exact) mass is 228 g/mol. The number of nitrogens with zero attached hydrogens (tertiary/aromatic N) is 1. The van der Waals surface area contributed by atoms with E-state index in [1.807, 2.05) is 5.43 Å². The first-order valence-corrected chi connectivity index (χ1v) is 5.02. The lowest BCUT2D eigenvalue weighted by molar-refractivity contribution is -0.130. The highest BCUT2D eigenvalue weighted by Gasteiger charge is 2.43. The van der Waals surface area contributed by atoms with Crippen LogP contribution in [0.1, 0.15) is 26.7 Å². The minimum Gasteiger partial charge on any atom is -0.324 e. The van der Waals surface area contributed by atoms with Gasteiger partial charge in [0.25, 0.3) is 5.91 Å². The Labute approximate surface area is 93.3 Å². The molecule has 0 bridgehead atoms. The molecule has 7 heteroatoms. The molecule has 4 amide bonds.